The summed E-state index contributed by atoms with van der Waals surface area (Å²) in [7, 11) is 0. The predicted molar refractivity (Wildman–Crippen MR) is 118 cm³/mol. The standard InChI is InChI=1S/C22H34N6O2/c23-11-18-20(25-17-9-5-2-6-10-17)26-19(27-21(18)29)16-13-28(14-16)22(30)24-12-15-7-3-1-4-8-15/h11,15-17,23H,1-10,12-14H2,(H,24,30)(H2,25,26,27,29). The number of amides is 2. The van der Waals surface area contributed by atoms with E-state index < -0.39 is 0 Å². The van der Waals surface area contributed by atoms with Gasteiger partial charge in [-0.3, -0.25) is 4.79 Å². The van der Waals surface area contributed by atoms with Gasteiger partial charge in [0.15, 0.2) is 0 Å². The molecule has 8 nitrogen and oxygen atoms in total. The summed E-state index contributed by atoms with van der Waals surface area (Å²) in [6, 6.07) is 0.291. The number of nitrogens with zero attached hydrogens (tertiary/aromatic N) is 2. The first-order valence-corrected chi connectivity index (χ1v) is 11.6. The highest BCUT2D eigenvalue weighted by Crippen LogP contribution is 2.27. The fourth-order valence-corrected chi connectivity index (χ4v) is 4.93. The number of hydrogen-bond donors (Lipinski definition) is 4. The molecule has 164 valence electrons. The van der Waals surface area contributed by atoms with Gasteiger partial charge >= 0.3 is 6.03 Å². The molecule has 2 saturated carbocycles. The first kappa shape index (κ1) is 20.9. The van der Waals surface area contributed by atoms with Crippen LogP contribution in [0.4, 0.5) is 10.6 Å². The summed E-state index contributed by atoms with van der Waals surface area (Å²) in [4.78, 5) is 34.2. The minimum absolute atomic E-state index is 0.0177. The van der Waals surface area contributed by atoms with Gasteiger partial charge in [0.25, 0.3) is 5.56 Å². The second kappa shape index (κ2) is 9.62. The number of urea groups is 1. The monoisotopic (exact) mass is 414 g/mol. The van der Waals surface area contributed by atoms with Crippen LogP contribution in [0.25, 0.3) is 0 Å². The lowest BCUT2D eigenvalue weighted by Gasteiger charge is -2.39. The van der Waals surface area contributed by atoms with Gasteiger partial charge in [-0.1, -0.05) is 38.5 Å². The largest absolute Gasteiger partial charge is 0.367 e. The van der Waals surface area contributed by atoms with Crippen LogP contribution in [0.15, 0.2) is 4.79 Å². The van der Waals surface area contributed by atoms with Crippen molar-refractivity contribution in [1.29, 1.82) is 5.41 Å². The second-order valence-corrected chi connectivity index (χ2v) is 9.13. The first-order chi connectivity index (χ1) is 14.6. The molecular formula is C22H34N6O2. The van der Waals surface area contributed by atoms with Crippen LogP contribution < -0.4 is 16.2 Å². The molecule has 4 N–H and O–H groups in total. The zero-order chi connectivity index (χ0) is 20.9. The molecule has 3 fully saturated rings. The van der Waals surface area contributed by atoms with Crippen LogP contribution in [0.3, 0.4) is 0 Å². The first-order valence-electron chi connectivity index (χ1n) is 11.6. The number of carbonyl (C=O) groups is 1. The Labute approximate surface area is 177 Å². The predicted octanol–water partition coefficient (Wildman–Crippen LogP) is 3.20. The lowest BCUT2D eigenvalue weighted by atomic mass is 9.89. The maximum Gasteiger partial charge on any atom is 0.317 e. The van der Waals surface area contributed by atoms with Crippen LogP contribution in [0.5, 0.6) is 0 Å². The third-order valence-corrected chi connectivity index (χ3v) is 6.89. The minimum atomic E-state index is -0.284. The van der Waals surface area contributed by atoms with Crippen LogP contribution in [-0.4, -0.2) is 52.8 Å². The van der Waals surface area contributed by atoms with Gasteiger partial charge in [-0.15, -0.1) is 0 Å². The smallest absolute Gasteiger partial charge is 0.317 e. The second-order valence-electron chi connectivity index (χ2n) is 9.13. The molecule has 1 aromatic rings. The molecule has 2 amide bonds. The number of likely N-dealkylation sites (tertiary alicyclic amines) is 1. The van der Waals surface area contributed by atoms with E-state index in [-0.39, 0.29) is 23.1 Å². The molecule has 0 aromatic carbocycles. The van der Waals surface area contributed by atoms with Crippen LogP contribution in [0.1, 0.15) is 81.5 Å². The highest BCUT2D eigenvalue weighted by atomic mass is 16.2. The van der Waals surface area contributed by atoms with Crippen molar-refractivity contribution in [3.63, 3.8) is 0 Å². The van der Waals surface area contributed by atoms with Crippen molar-refractivity contribution >= 4 is 18.1 Å². The van der Waals surface area contributed by atoms with E-state index >= 15 is 0 Å². The van der Waals surface area contributed by atoms with Gasteiger partial charge < -0.3 is 25.9 Å². The minimum Gasteiger partial charge on any atom is -0.367 e. The number of H-pyrrole nitrogens is 1. The Kier molecular flexibility index (Phi) is 6.69. The lowest BCUT2D eigenvalue weighted by Crippen LogP contribution is -2.53. The van der Waals surface area contributed by atoms with E-state index in [2.05, 4.69) is 20.6 Å². The SMILES string of the molecule is N=Cc1c(NC2CCCCC2)nc(C2CN(C(=O)NCC3CCCCC3)C2)[nH]c1=O. The Hall–Kier alpha value is -2.38. The normalized spacial score (nSPS) is 21.1. The molecule has 30 heavy (non-hydrogen) atoms. The van der Waals surface area contributed by atoms with Gasteiger partial charge in [-0.2, -0.15) is 0 Å². The number of carbonyl (C=O) groups excluding carboxylic acids is 1. The van der Waals surface area contributed by atoms with Crippen molar-refractivity contribution < 1.29 is 4.79 Å². The molecule has 0 spiro atoms. The number of nitrogens with one attached hydrogen (secondary N) is 4. The van der Waals surface area contributed by atoms with Crippen molar-refractivity contribution in [3.05, 3.63) is 21.7 Å². The number of hydrogen-bond acceptors (Lipinski definition) is 5. The highest BCUT2D eigenvalue weighted by Gasteiger charge is 2.34. The average molecular weight is 415 g/mol. The molecule has 3 aliphatic rings. The molecule has 0 bridgehead atoms. The average Bonchev–Trinajstić information content (AvgIpc) is 2.73. The van der Waals surface area contributed by atoms with Gasteiger partial charge in [-0.05, 0) is 31.6 Å². The fraction of sp³-hybridized carbons (Fsp3) is 0.727. The van der Waals surface area contributed by atoms with Gasteiger partial charge in [0.1, 0.15) is 11.6 Å². The van der Waals surface area contributed by atoms with Crippen molar-refractivity contribution in [1.82, 2.24) is 20.2 Å². The highest BCUT2D eigenvalue weighted by molar-refractivity contribution is 5.83. The third kappa shape index (κ3) is 4.84. The quantitative estimate of drug-likeness (QED) is 0.535. The van der Waals surface area contributed by atoms with E-state index in [0.717, 1.165) is 25.6 Å². The summed E-state index contributed by atoms with van der Waals surface area (Å²) < 4.78 is 0. The van der Waals surface area contributed by atoms with Gasteiger partial charge in [0.2, 0.25) is 0 Å². The van der Waals surface area contributed by atoms with E-state index in [1.54, 1.807) is 4.90 Å². The lowest BCUT2D eigenvalue weighted by molar-refractivity contribution is 0.146. The van der Waals surface area contributed by atoms with E-state index in [4.69, 9.17) is 5.41 Å². The van der Waals surface area contributed by atoms with Gasteiger partial charge in [0.05, 0.1) is 11.5 Å². The van der Waals surface area contributed by atoms with Crippen LogP contribution in [-0.2, 0) is 0 Å². The summed E-state index contributed by atoms with van der Waals surface area (Å²) in [5.74, 6) is 1.76. The summed E-state index contributed by atoms with van der Waals surface area (Å²) in [6.07, 6.45) is 13.1. The van der Waals surface area contributed by atoms with E-state index in [1.165, 1.54) is 51.4 Å². The van der Waals surface area contributed by atoms with Crippen LogP contribution in [0.2, 0.25) is 0 Å². The summed E-state index contributed by atoms with van der Waals surface area (Å²) in [6.45, 7) is 1.89. The Bertz CT molecular complexity index is 804. The molecule has 2 aliphatic carbocycles. The Morgan fingerprint density at radius 2 is 1.77 bits per heavy atom. The summed E-state index contributed by atoms with van der Waals surface area (Å²) in [5.41, 5.74) is -0.000706. The zero-order valence-corrected chi connectivity index (χ0v) is 17.7. The van der Waals surface area contributed by atoms with E-state index in [9.17, 15) is 9.59 Å². The Morgan fingerprint density at radius 1 is 1.10 bits per heavy atom. The molecule has 8 heteroatoms. The maximum atomic E-state index is 12.5. The van der Waals surface area contributed by atoms with Gasteiger partial charge in [-0.25, -0.2) is 9.78 Å². The number of rotatable bonds is 6. The molecule has 1 saturated heterocycles. The van der Waals surface area contributed by atoms with Crippen molar-refractivity contribution in [3.8, 4) is 0 Å². The summed E-state index contributed by atoms with van der Waals surface area (Å²) in [5, 5.41) is 14.1. The van der Waals surface area contributed by atoms with Gasteiger partial charge in [0, 0.05) is 31.9 Å². The third-order valence-electron chi connectivity index (χ3n) is 6.89. The Morgan fingerprint density at radius 3 is 2.43 bits per heavy atom. The maximum absolute atomic E-state index is 12.5. The number of anilines is 1. The zero-order valence-electron chi connectivity index (χ0n) is 17.7. The van der Waals surface area contributed by atoms with Crippen LogP contribution >= 0.6 is 0 Å². The van der Waals surface area contributed by atoms with E-state index in [1.807, 2.05) is 0 Å². The molecule has 0 atom stereocenters. The van der Waals surface area contributed by atoms with Crippen molar-refractivity contribution in [2.75, 3.05) is 25.0 Å². The number of aromatic nitrogens is 2. The molecule has 4 rings (SSSR count). The molecule has 1 aliphatic heterocycles. The molecule has 0 unspecified atom stereocenters. The summed E-state index contributed by atoms with van der Waals surface area (Å²) >= 11 is 0. The topological polar surface area (TPSA) is 114 Å². The van der Waals surface area contributed by atoms with Crippen molar-refractivity contribution in [2.45, 2.75) is 76.2 Å². The molecule has 2 heterocycles. The molecular weight excluding hydrogens is 380 g/mol. The molecule has 0 radical (unpaired) electrons. The van der Waals surface area contributed by atoms with Crippen LogP contribution in [0, 0.1) is 11.3 Å². The Balaban J connectivity index is 1.34. The fourth-order valence-electron chi connectivity index (χ4n) is 4.93. The van der Waals surface area contributed by atoms with E-state index in [0.29, 0.717) is 36.7 Å². The number of aromatic amines is 1. The molecule has 1 aromatic heterocycles. The van der Waals surface area contributed by atoms with Crippen molar-refractivity contribution in [2.24, 2.45) is 5.92 Å².